The maximum atomic E-state index is 12.5. The second kappa shape index (κ2) is 4.21. The van der Waals surface area contributed by atoms with E-state index in [2.05, 4.69) is 20.9 Å². The van der Waals surface area contributed by atoms with Crippen LogP contribution in [0, 0.1) is 6.92 Å². The highest BCUT2D eigenvalue weighted by Crippen LogP contribution is 2.34. The van der Waals surface area contributed by atoms with Crippen LogP contribution in [0.5, 0.6) is 0 Å². The molecule has 0 aromatic carbocycles. The smallest absolute Gasteiger partial charge is 0.262 e. The maximum Gasteiger partial charge on any atom is 0.262 e. The number of fused-ring (bicyclic) bond motifs is 3. The minimum atomic E-state index is 0.145. The Balaban J connectivity index is 2.35. The average Bonchev–Trinajstić information content (AvgIpc) is 2.83. The van der Waals surface area contributed by atoms with E-state index in [1.807, 2.05) is 6.92 Å². The van der Waals surface area contributed by atoms with Gasteiger partial charge in [-0.15, -0.1) is 11.3 Å². The van der Waals surface area contributed by atoms with Crippen LogP contribution in [0.4, 0.5) is 0 Å². The van der Waals surface area contributed by atoms with Crippen molar-refractivity contribution in [2.24, 2.45) is 0 Å². The zero-order valence-corrected chi connectivity index (χ0v) is 12.0. The van der Waals surface area contributed by atoms with Gasteiger partial charge in [-0.1, -0.05) is 15.9 Å². The van der Waals surface area contributed by atoms with E-state index >= 15 is 0 Å². The molecule has 0 spiro atoms. The van der Waals surface area contributed by atoms with Crippen LogP contribution in [0.3, 0.4) is 0 Å². The van der Waals surface area contributed by atoms with E-state index in [9.17, 15) is 4.79 Å². The van der Waals surface area contributed by atoms with Crippen LogP contribution in [-0.4, -0.2) is 14.9 Å². The Morgan fingerprint density at radius 2 is 2.29 bits per heavy atom. The van der Waals surface area contributed by atoms with Gasteiger partial charge in [0, 0.05) is 16.8 Å². The van der Waals surface area contributed by atoms with E-state index in [0.29, 0.717) is 6.54 Å². The Bertz CT molecular complexity index is 644. The van der Waals surface area contributed by atoms with Crippen LogP contribution in [0.15, 0.2) is 4.79 Å². The quantitative estimate of drug-likeness (QED) is 0.799. The molecule has 0 amide bonds. The van der Waals surface area contributed by atoms with E-state index in [0.717, 1.165) is 34.2 Å². The number of halogens is 1. The highest BCUT2D eigenvalue weighted by molar-refractivity contribution is 9.09. The van der Waals surface area contributed by atoms with Crippen molar-refractivity contribution in [2.75, 3.05) is 5.33 Å². The molecular weight excluding hydrogens is 300 g/mol. The lowest BCUT2D eigenvalue weighted by Crippen LogP contribution is -2.24. The minimum Gasteiger partial charge on any atom is -0.295 e. The number of aromatic nitrogens is 2. The molecule has 2 heterocycles. The minimum absolute atomic E-state index is 0.145. The van der Waals surface area contributed by atoms with Gasteiger partial charge in [0.25, 0.3) is 5.56 Å². The SMILES string of the molecule is Cc1nc2sc3c(c2c(=O)n1CCBr)CCC3. The highest BCUT2D eigenvalue weighted by Gasteiger charge is 2.21. The van der Waals surface area contributed by atoms with Crippen LogP contribution in [0.2, 0.25) is 0 Å². The number of hydrogen-bond acceptors (Lipinski definition) is 3. The number of hydrogen-bond donors (Lipinski definition) is 0. The lowest BCUT2D eigenvalue weighted by molar-refractivity contribution is 0.695. The van der Waals surface area contributed by atoms with Crippen molar-refractivity contribution < 1.29 is 0 Å². The largest absolute Gasteiger partial charge is 0.295 e. The number of rotatable bonds is 2. The van der Waals surface area contributed by atoms with Gasteiger partial charge in [0.2, 0.25) is 0 Å². The first-order valence-electron chi connectivity index (χ1n) is 5.80. The topological polar surface area (TPSA) is 34.9 Å². The standard InChI is InChI=1S/C12H13BrN2OS/c1-7-14-11-10(12(16)15(7)6-5-13)8-3-2-4-9(8)17-11/h2-6H2,1H3. The summed E-state index contributed by atoms with van der Waals surface area (Å²) in [7, 11) is 0. The third-order valence-corrected chi connectivity index (χ3v) is 4.86. The molecule has 0 saturated carbocycles. The first kappa shape index (κ1) is 11.4. The zero-order chi connectivity index (χ0) is 12.0. The third-order valence-electron chi connectivity index (χ3n) is 3.32. The molecule has 5 heteroatoms. The van der Waals surface area contributed by atoms with Crippen molar-refractivity contribution >= 4 is 37.5 Å². The summed E-state index contributed by atoms with van der Waals surface area (Å²) in [6.45, 7) is 2.60. The van der Waals surface area contributed by atoms with Crippen LogP contribution in [0.25, 0.3) is 10.2 Å². The summed E-state index contributed by atoms with van der Waals surface area (Å²) in [4.78, 5) is 19.4. The Hall–Kier alpha value is -0.680. The second-order valence-corrected chi connectivity index (χ2v) is 6.22. The van der Waals surface area contributed by atoms with E-state index in [1.54, 1.807) is 15.9 Å². The molecule has 3 rings (SSSR count). The summed E-state index contributed by atoms with van der Waals surface area (Å²) < 4.78 is 1.78. The molecule has 2 aromatic heterocycles. The highest BCUT2D eigenvalue weighted by atomic mass is 79.9. The van der Waals surface area contributed by atoms with Gasteiger partial charge in [-0.25, -0.2) is 4.98 Å². The van der Waals surface area contributed by atoms with Crippen molar-refractivity contribution in [1.82, 2.24) is 9.55 Å². The van der Waals surface area contributed by atoms with Gasteiger partial charge in [-0.3, -0.25) is 9.36 Å². The maximum absolute atomic E-state index is 12.5. The Morgan fingerprint density at radius 3 is 3.06 bits per heavy atom. The van der Waals surface area contributed by atoms with Crippen LogP contribution < -0.4 is 5.56 Å². The molecule has 0 atom stereocenters. The summed E-state index contributed by atoms with van der Waals surface area (Å²) in [6.07, 6.45) is 3.35. The van der Waals surface area contributed by atoms with Crippen LogP contribution in [0.1, 0.15) is 22.7 Å². The predicted molar refractivity (Wildman–Crippen MR) is 74.4 cm³/mol. The number of nitrogens with zero attached hydrogens (tertiary/aromatic N) is 2. The first-order chi connectivity index (χ1) is 8.22. The lowest BCUT2D eigenvalue weighted by atomic mass is 10.2. The summed E-state index contributed by atoms with van der Waals surface area (Å²) in [6, 6.07) is 0. The van der Waals surface area contributed by atoms with E-state index in [4.69, 9.17) is 0 Å². The number of alkyl halides is 1. The van der Waals surface area contributed by atoms with E-state index in [1.165, 1.54) is 16.9 Å². The molecule has 0 fully saturated rings. The van der Waals surface area contributed by atoms with Crippen LogP contribution >= 0.6 is 27.3 Å². The van der Waals surface area contributed by atoms with Gasteiger partial charge in [0.15, 0.2) is 0 Å². The fourth-order valence-corrected chi connectivity index (χ4v) is 4.18. The predicted octanol–water partition coefficient (Wildman–Crippen LogP) is 2.65. The molecule has 0 radical (unpaired) electrons. The van der Waals surface area contributed by atoms with Gasteiger partial charge in [-0.2, -0.15) is 0 Å². The van der Waals surface area contributed by atoms with Crippen molar-refractivity contribution in [3.63, 3.8) is 0 Å². The van der Waals surface area contributed by atoms with Crippen LogP contribution in [-0.2, 0) is 19.4 Å². The fourth-order valence-electron chi connectivity index (χ4n) is 2.53. The third kappa shape index (κ3) is 1.67. The number of aryl methyl sites for hydroxylation is 3. The van der Waals surface area contributed by atoms with Gasteiger partial charge in [-0.05, 0) is 31.7 Å². The average molecular weight is 313 g/mol. The molecule has 0 unspecified atom stereocenters. The molecule has 1 aliphatic rings. The summed E-state index contributed by atoms with van der Waals surface area (Å²) in [5.41, 5.74) is 1.41. The van der Waals surface area contributed by atoms with Crippen molar-refractivity contribution in [3.8, 4) is 0 Å². The molecule has 1 aliphatic carbocycles. The van der Waals surface area contributed by atoms with Gasteiger partial charge in [0.1, 0.15) is 10.7 Å². The Morgan fingerprint density at radius 1 is 1.47 bits per heavy atom. The first-order valence-corrected chi connectivity index (χ1v) is 7.74. The number of thiophene rings is 1. The molecule has 17 heavy (non-hydrogen) atoms. The summed E-state index contributed by atoms with van der Waals surface area (Å²) in [5, 5.41) is 1.67. The van der Waals surface area contributed by atoms with Gasteiger partial charge in [0.05, 0.1) is 5.39 Å². The fraction of sp³-hybridized carbons (Fsp3) is 0.500. The monoisotopic (exact) mass is 312 g/mol. The normalized spacial score (nSPS) is 14.5. The summed E-state index contributed by atoms with van der Waals surface area (Å²) in [5.74, 6) is 0.821. The van der Waals surface area contributed by atoms with Crippen molar-refractivity contribution in [1.29, 1.82) is 0 Å². The van der Waals surface area contributed by atoms with Gasteiger partial charge >= 0.3 is 0 Å². The molecule has 2 aromatic rings. The van der Waals surface area contributed by atoms with E-state index in [-0.39, 0.29) is 5.56 Å². The molecular formula is C12H13BrN2OS. The molecule has 0 saturated heterocycles. The Kier molecular flexibility index (Phi) is 2.83. The molecule has 0 N–H and O–H groups in total. The molecule has 0 bridgehead atoms. The van der Waals surface area contributed by atoms with Crippen molar-refractivity contribution in [3.05, 3.63) is 26.6 Å². The molecule has 90 valence electrons. The zero-order valence-electron chi connectivity index (χ0n) is 9.62. The lowest BCUT2D eigenvalue weighted by Gasteiger charge is -2.07. The Labute approximate surface area is 112 Å². The van der Waals surface area contributed by atoms with Gasteiger partial charge < -0.3 is 0 Å². The molecule has 3 nitrogen and oxygen atoms in total. The molecule has 0 aliphatic heterocycles. The summed E-state index contributed by atoms with van der Waals surface area (Å²) >= 11 is 5.09. The van der Waals surface area contributed by atoms with E-state index < -0.39 is 0 Å². The van der Waals surface area contributed by atoms with Crippen molar-refractivity contribution in [2.45, 2.75) is 32.7 Å². The second-order valence-electron chi connectivity index (χ2n) is 4.34.